The number of nitrogens with zero attached hydrogens (tertiary/aromatic N) is 1. The number of nitrogens with two attached hydrogens (primary N) is 1. The molecule has 184 valence electrons. The van der Waals surface area contributed by atoms with Gasteiger partial charge in [-0.25, -0.2) is 0 Å². The summed E-state index contributed by atoms with van der Waals surface area (Å²) < 4.78 is 6.72. The van der Waals surface area contributed by atoms with Crippen LogP contribution in [0.1, 0.15) is 23.6 Å². The first-order chi connectivity index (χ1) is 17.5. The van der Waals surface area contributed by atoms with Gasteiger partial charge in [-0.15, -0.1) is 0 Å². The monoisotopic (exact) mass is 546 g/mol. The van der Waals surface area contributed by atoms with Crippen LogP contribution >= 0.6 is 15.9 Å². The Balaban J connectivity index is 1.31. The molecule has 2 amide bonds. The van der Waals surface area contributed by atoms with Crippen molar-refractivity contribution in [3.8, 4) is 0 Å². The molecule has 2 aliphatic rings. The minimum absolute atomic E-state index is 0.0759. The normalized spacial score (nSPS) is 19.9. The van der Waals surface area contributed by atoms with Crippen molar-refractivity contribution in [3.63, 3.8) is 0 Å². The Morgan fingerprint density at radius 3 is 2.44 bits per heavy atom. The molecule has 36 heavy (non-hydrogen) atoms. The number of nitrogen functional groups attached to an aromatic ring is 1. The number of fused-ring (bicyclic) bond motifs is 2. The van der Waals surface area contributed by atoms with E-state index in [1.54, 1.807) is 18.2 Å². The SMILES string of the molecule is Nc1ccccc1NC(=O)/C=C/c1ccc(C(C(=O)Nc2ccc(Br)cc2)N2C[C@@H]3CC2CO3)cc1. The highest BCUT2D eigenvalue weighted by Gasteiger charge is 2.44. The number of likely N-dealkylation sites (tertiary alicyclic amines) is 1. The fraction of sp³-hybridized carbons (Fsp3) is 0.214. The van der Waals surface area contributed by atoms with Gasteiger partial charge in [-0.3, -0.25) is 14.5 Å². The van der Waals surface area contributed by atoms with E-state index in [1.165, 1.54) is 6.08 Å². The summed E-state index contributed by atoms with van der Waals surface area (Å²) in [6.45, 7) is 1.38. The standard InChI is InChI=1S/C28H27BrN4O3/c29-20-10-12-21(13-11-20)31-28(35)27(33-16-23-15-22(33)17-36-23)19-8-5-18(6-9-19)7-14-26(34)32-25-4-2-1-3-24(25)30/h1-14,22-23,27H,15-17,30H2,(H,31,35)(H,32,34)/b14-7+/t22?,23-,27?/m0/s1. The van der Waals surface area contributed by atoms with Gasteiger partial charge in [0.15, 0.2) is 0 Å². The number of carbonyl (C=O) groups is 2. The van der Waals surface area contributed by atoms with E-state index in [0.717, 1.165) is 34.3 Å². The summed E-state index contributed by atoms with van der Waals surface area (Å²) in [7, 11) is 0. The number of nitrogens with one attached hydrogen (secondary N) is 2. The van der Waals surface area contributed by atoms with Gasteiger partial charge < -0.3 is 21.1 Å². The first-order valence-corrected chi connectivity index (χ1v) is 12.6. The van der Waals surface area contributed by atoms with Crippen LogP contribution in [0.5, 0.6) is 0 Å². The van der Waals surface area contributed by atoms with Gasteiger partial charge in [-0.1, -0.05) is 52.3 Å². The quantitative estimate of drug-likeness (QED) is 0.291. The van der Waals surface area contributed by atoms with Crippen LogP contribution in [-0.4, -0.2) is 42.0 Å². The summed E-state index contributed by atoms with van der Waals surface area (Å²) in [5.74, 6) is -0.343. The molecule has 3 aromatic rings. The van der Waals surface area contributed by atoms with Gasteiger partial charge in [0.05, 0.1) is 24.1 Å². The van der Waals surface area contributed by atoms with E-state index in [0.29, 0.717) is 18.0 Å². The first-order valence-electron chi connectivity index (χ1n) is 11.8. The van der Waals surface area contributed by atoms with Crippen LogP contribution in [-0.2, 0) is 14.3 Å². The summed E-state index contributed by atoms with van der Waals surface area (Å²) in [6, 6.07) is 22.2. The number of hydrogen-bond acceptors (Lipinski definition) is 5. The maximum absolute atomic E-state index is 13.5. The zero-order chi connectivity index (χ0) is 25.1. The van der Waals surface area contributed by atoms with E-state index in [4.69, 9.17) is 10.5 Å². The second-order valence-electron chi connectivity index (χ2n) is 9.02. The molecule has 2 unspecified atom stereocenters. The Labute approximate surface area is 218 Å². The molecule has 2 fully saturated rings. The lowest BCUT2D eigenvalue weighted by Crippen LogP contribution is -2.44. The molecule has 5 rings (SSSR count). The van der Waals surface area contributed by atoms with E-state index in [1.807, 2.05) is 60.7 Å². The van der Waals surface area contributed by atoms with Gasteiger partial charge in [0.2, 0.25) is 11.8 Å². The second-order valence-corrected chi connectivity index (χ2v) is 9.93. The van der Waals surface area contributed by atoms with Crippen LogP contribution in [0.2, 0.25) is 0 Å². The van der Waals surface area contributed by atoms with Crippen molar-refractivity contribution < 1.29 is 14.3 Å². The van der Waals surface area contributed by atoms with Crippen LogP contribution in [0.3, 0.4) is 0 Å². The lowest BCUT2D eigenvalue weighted by molar-refractivity contribution is -0.123. The van der Waals surface area contributed by atoms with Crippen molar-refractivity contribution in [2.45, 2.75) is 24.6 Å². The smallest absolute Gasteiger partial charge is 0.248 e. The minimum atomic E-state index is -0.435. The van der Waals surface area contributed by atoms with Gasteiger partial charge in [0.25, 0.3) is 0 Å². The summed E-state index contributed by atoms with van der Waals surface area (Å²) in [5.41, 5.74) is 9.48. The van der Waals surface area contributed by atoms with Crippen LogP contribution in [0.25, 0.3) is 6.08 Å². The number of ether oxygens (including phenoxy) is 1. The maximum atomic E-state index is 13.5. The van der Waals surface area contributed by atoms with Gasteiger partial charge in [0.1, 0.15) is 6.04 Å². The Morgan fingerprint density at radius 1 is 1.03 bits per heavy atom. The molecule has 0 aromatic heterocycles. The van der Waals surface area contributed by atoms with E-state index < -0.39 is 6.04 Å². The van der Waals surface area contributed by atoms with Crippen LogP contribution in [0, 0.1) is 0 Å². The predicted octanol–water partition coefficient (Wildman–Crippen LogP) is 4.84. The molecule has 0 saturated carbocycles. The molecule has 0 radical (unpaired) electrons. The van der Waals surface area contributed by atoms with Crippen LogP contribution in [0.15, 0.2) is 83.3 Å². The summed E-state index contributed by atoms with van der Waals surface area (Å²) in [5, 5.41) is 5.85. The Kier molecular flexibility index (Phi) is 7.18. The number of carbonyl (C=O) groups excluding carboxylic acids is 2. The lowest BCUT2D eigenvalue weighted by atomic mass is 10.0. The van der Waals surface area contributed by atoms with Crippen molar-refractivity contribution in [2.75, 3.05) is 29.5 Å². The zero-order valence-corrected chi connectivity index (χ0v) is 21.1. The fourth-order valence-electron chi connectivity index (χ4n) is 4.73. The molecule has 3 atom stereocenters. The molecule has 3 aromatic carbocycles. The van der Waals surface area contributed by atoms with Crippen molar-refractivity contribution in [3.05, 3.63) is 94.5 Å². The van der Waals surface area contributed by atoms with Gasteiger partial charge in [0, 0.05) is 28.8 Å². The van der Waals surface area contributed by atoms with Crippen molar-refractivity contribution >= 4 is 50.9 Å². The van der Waals surface area contributed by atoms with E-state index in [2.05, 4.69) is 31.5 Å². The highest BCUT2D eigenvalue weighted by Crippen LogP contribution is 2.36. The van der Waals surface area contributed by atoms with Gasteiger partial charge in [-0.2, -0.15) is 0 Å². The first kappa shape index (κ1) is 24.2. The van der Waals surface area contributed by atoms with Crippen LogP contribution < -0.4 is 16.4 Å². The average molecular weight is 547 g/mol. The van der Waals surface area contributed by atoms with E-state index in [9.17, 15) is 9.59 Å². The molecule has 0 aliphatic carbocycles. The molecule has 2 aliphatic heterocycles. The number of anilines is 3. The van der Waals surface area contributed by atoms with E-state index in [-0.39, 0.29) is 24.0 Å². The third kappa shape index (κ3) is 5.51. The molecule has 7 nitrogen and oxygen atoms in total. The Morgan fingerprint density at radius 2 is 1.78 bits per heavy atom. The number of benzene rings is 3. The molecule has 2 bridgehead atoms. The largest absolute Gasteiger partial charge is 0.397 e. The number of rotatable bonds is 7. The Hall–Kier alpha value is -3.46. The third-order valence-corrected chi connectivity index (χ3v) is 7.06. The van der Waals surface area contributed by atoms with Crippen molar-refractivity contribution in [1.82, 2.24) is 4.90 Å². The molecule has 0 spiro atoms. The lowest BCUT2D eigenvalue weighted by Gasteiger charge is -2.34. The maximum Gasteiger partial charge on any atom is 0.248 e. The predicted molar refractivity (Wildman–Crippen MR) is 145 cm³/mol. The number of amides is 2. The zero-order valence-electron chi connectivity index (χ0n) is 19.6. The molecule has 2 saturated heterocycles. The van der Waals surface area contributed by atoms with Crippen LogP contribution in [0.4, 0.5) is 17.1 Å². The summed E-state index contributed by atoms with van der Waals surface area (Å²) >= 11 is 3.43. The van der Waals surface area contributed by atoms with Gasteiger partial charge >= 0.3 is 0 Å². The minimum Gasteiger partial charge on any atom is -0.397 e. The molecular weight excluding hydrogens is 520 g/mol. The number of hydrogen-bond donors (Lipinski definition) is 3. The average Bonchev–Trinajstić information content (AvgIpc) is 3.50. The van der Waals surface area contributed by atoms with E-state index >= 15 is 0 Å². The number of morpholine rings is 1. The number of para-hydroxylation sites is 2. The molecule has 2 heterocycles. The highest BCUT2D eigenvalue weighted by atomic mass is 79.9. The van der Waals surface area contributed by atoms with Gasteiger partial charge in [-0.05, 0) is 60.0 Å². The Bertz CT molecular complexity index is 1280. The summed E-state index contributed by atoms with van der Waals surface area (Å²) in [4.78, 5) is 28.0. The van der Waals surface area contributed by atoms with Crippen molar-refractivity contribution in [2.24, 2.45) is 0 Å². The molecule has 4 N–H and O–H groups in total. The number of halogens is 1. The highest BCUT2D eigenvalue weighted by molar-refractivity contribution is 9.10. The molecule has 8 heteroatoms. The topological polar surface area (TPSA) is 96.7 Å². The second kappa shape index (κ2) is 10.7. The van der Waals surface area contributed by atoms with Crippen molar-refractivity contribution in [1.29, 1.82) is 0 Å². The summed E-state index contributed by atoms with van der Waals surface area (Å²) in [6.07, 6.45) is 4.33. The molecular formula is C28H27BrN4O3. The third-order valence-electron chi connectivity index (χ3n) is 6.53. The fourth-order valence-corrected chi connectivity index (χ4v) is 4.99.